The molecule has 0 N–H and O–H groups in total. The molecular formula is C27H33F3O4S. The largest absolute Gasteiger partial charge is 0.534 e. The van der Waals surface area contributed by atoms with E-state index in [1.807, 2.05) is 0 Å². The molecule has 3 rings (SSSR count). The molecule has 2 aromatic rings. The molecule has 1 heterocycles. The van der Waals surface area contributed by atoms with Crippen LogP contribution in [0.5, 0.6) is 5.75 Å². The average Bonchev–Trinajstić information content (AvgIpc) is 3.56. The van der Waals surface area contributed by atoms with Crippen molar-refractivity contribution in [1.82, 2.24) is 0 Å². The second kappa shape index (κ2) is 9.62. The number of ether oxygens (including phenoxy) is 1. The molecule has 1 atom stereocenters. The van der Waals surface area contributed by atoms with E-state index in [1.165, 1.54) is 0 Å². The van der Waals surface area contributed by atoms with Crippen molar-refractivity contribution < 1.29 is 30.5 Å². The van der Waals surface area contributed by atoms with Crippen LogP contribution in [0.2, 0.25) is 0 Å². The van der Waals surface area contributed by atoms with E-state index in [-0.39, 0.29) is 11.4 Å². The molecule has 192 valence electrons. The van der Waals surface area contributed by atoms with Gasteiger partial charge in [0, 0.05) is 5.41 Å². The molecule has 4 nitrogen and oxygen atoms in total. The Labute approximate surface area is 206 Å². The molecule has 0 aliphatic carbocycles. The smallest absolute Gasteiger partial charge is 0.375 e. The lowest BCUT2D eigenvalue weighted by atomic mass is 9.69. The zero-order valence-corrected chi connectivity index (χ0v) is 21.9. The fraction of sp³-hybridized carbons (Fsp3) is 0.481. The van der Waals surface area contributed by atoms with Gasteiger partial charge in [0.1, 0.15) is 11.4 Å². The summed E-state index contributed by atoms with van der Waals surface area (Å²) in [5.41, 5.74) is -1.12. The van der Waals surface area contributed by atoms with Crippen LogP contribution < -0.4 is 4.18 Å². The van der Waals surface area contributed by atoms with Gasteiger partial charge in [0.25, 0.3) is 0 Å². The normalized spacial score (nSPS) is 18.8. The minimum atomic E-state index is -5.75. The number of aryl methyl sites for hydroxylation is 3. The van der Waals surface area contributed by atoms with Crippen LogP contribution in [-0.2, 0) is 20.3 Å². The first kappa shape index (κ1) is 27.3. The van der Waals surface area contributed by atoms with E-state index in [4.69, 9.17) is 4.74 Å². The highest BCUT2D eigenvalue weighted by Gasteiger charge is 2.49. The predicted molar refractivity (Wildman–Crippen MR) is 132 cm³/mol. The number of hydrogen-bond donors (Lipinski definition) is 0. The molecule has 8 heteroatoms. The fourth-order valence-corrected chi connectivity index (χ4v) is 5.24. The number of rotatable bonds is 9. The third-order valence-electron chi connectivity index (χ3n) is 7.20. The van der Waals surface area contributed by atoms with Gasteiger partial charge in [-0.25, -0.2) is 0 Å². The molecule has 0 bridgehead atoms. The fourth-order valence-electron chi connectivity index (χ4n) is 4.66. The monoisotopic (exact) mass is 510 g/mol. The Morgan fingerprint density at radius 2 is 1.51 bits per heavy atom. The van der Waals surface area contributed by atoms with Gasteiger partial charge in [0.15, 0.2) is 0 Å². The molecule has 1 fully saturated rings. The Kier molecular flexibility index (Phi) is 7.49. The van der Waals surface area contributed by atoms with Crippen molar-refractivity contribution in [1.29, 1.82) is 0 Å². The topological polar surface area (TPSA) is 55.9 Å². The van der Waals surface area contributed by atoms with Crippen LogP contribution >= 0.6 is 0 Å². The highest BCUT2D eigenvalue weighted by Crippen LogP contribution is 2.43. The average molecular weight is 511 g/mol. The predicted octanol–water partition coefficient (Wildman–Crippen LogP) is 7.14. The van der Waals surface area contributed by atoms with Gasteiger partial charge in [-0.2, -0.15) is 21.6 Å². The molecule has 35 heavy (non-hydrogen) atoms. The molecule has 0 radical (unpaired) electrons. The van der Waals surface area contributed by atoms with Crippen molar-refractivity contribution in [2.24, 2.45) is 0 Å². The van der Waals surface area contributed by atoms with Gasteiger partial charge in [-0.15, -0.1) is 0 Å². The number of epoxide rings is 1. The summed E-state index contributed by atoms with van der Waals surface area (Å²) in [5, 5.41) is 0. The van der Waals surface area contributed by atoms with Gasteiger partial charge >= 0.3 is 15.6 Å². The van der Waals surface area contributed by atoms with Crippen LogP contribution in [0.4, 0.5) is 13.2 Å². The number of halogens is 3. The summed E-state index contributed by atoms with van der Waals surface area (Å²) in [4.78, 5) is 0. The Morgan fingerprint density at radius 1 is 0.971 bits per heavy atom. The Morgan fingerprint density at radius 3 is 1.94 bits per heavy atom. The maximum Gasteiger partial charge on any atom is 0.534 e. The quantitative estimate of drug-likeness (QED) is 0.204. The third-order valence-corrected chi connectivity index (χ3v) is 8.15. The second-order valence-corrected chi connectivity index (χ2v) is 10.9. The second-order valence-electron chi connectivity index (χ2n) is 9.32. The van der Waals surface area contributed by atoms with E-state index in [2.05, 4.69) is 62.2 Å². The highest BCUT2D eigenvalue weighted by atomic mass is 32.2. The van der Waals surface area contributed by atoms with E-state index >= 15 is 0 Å². The van der Waals surface area contributed by atoms with Crippen LogP contribution in [0.3, 0.4) is 0 Å². The summed E-state index contributed by atoms with van der Waals surface area (Å²) in [6.45, 7) is 12.2. The highest BCUT2D eigenvalue weighted by molar-refractivity contribution is 7.88. The van der Waals surface area contributed by atoms with Gasteiger partial charge in [0.2, 0.25) is 0 Å². The lowest BCUT2D eigenvalue weighted by Crippen LogP contribution is -2.29. The number of hydrogen-bond acceptors (Lipinski definition) is 4. The number of alkyl halides is 3. The van der Waals surface area contributed by atoms with E-state index in [9.17, 15) is 21.6 Å². The summed E-state index contributed by atoms with van der Waals surface area (Å²) < 4.78 is 71.9. The maximum absolute atomic E-state index is 12.9. The van der Waals surface area contributed by atoms with Crippen LogP contribution in [0.15, 0.2) is 36.4 Å². The van der Waals surface area contributed by atoms with Crippen LogP contribution in [-0.4, -0.2) is 26.1 Å². The first-order valence-electron chi connectivity index (χ1n) is 11.8. The standard InChI is InChI=1S/C27H33F3O4S/c1-7-25(17-33-25)13-12-21-10-11-22(14-18(21)4)26(8-2,9-3)23-15-19(5)24(20(6)16-23)34-35(31,32)27(28,29)30/h10-16H,7-9,17H2,1-6H3/b13-12+. The van der Waals surface area contributed by atoms with Crippen molar-refractivity contribution in [3.63, 3.8) is 0 Å². The van der Waals surface area contributed by atoms with Crippen LogP contribution in [0, 0.1) is 20.8 Å². The van der Waals surface area contributed by atoms with E-state index in [1.54, 1.807) is 26.0 Å². The van der Waals surface area contributed by atoms with E-state index in [0.29, 0.717) is 11.1 Å². The molecule has 1 aliphatic heterocycles. The molecule has 0 saturated carbocycles. The molecule has 1 unspecified atom stereocenters. The van der Waals surface area contributed by atoms with Crippen LogP contribution in [0.1, 0.15) is 73.4 Å². The third kappa shape index (κ3) is 5.28. The first-order chi connectivity index (χ1) is 16.2. The zero-order chi connectivity index (χ0) is 26.2. The molecule has 2 aromatic carbocycles. The van der Waals surface area contributed by atoms with Crippen molar-refractivity contribution in [2.75, 3.05) is 6.61 Å². The SMILES string of the molecule is CCC1(/C=C/c2ccc(C(CC)(CC)c3cc(C)c(OS(=O)(=O)C(F)(F)F)c(C)c3)cc2C)CO1. The minimum absolute atomic E-state index is 0.139. The molecule has 0 amide bonds. The number of benzene rings is 2. The Bertz CT molecular complexity index is 1200. The van der Waals surface area contributed by atoms with Crippen molar-refractivity contribution in [3.05, 3.63) is 69.8 Å². The summed E-state index contributed by atoms with van der Waals surface area (Å²) in [7, 11) is -5.75. The summed E-state index contributed by atoms with van der Waals surface area (Å²) in [6.07, 6.45) is 6.65. The van der Waals surface area contributed by atoms with Gasteiger partial charge in [0.05, 0.1) is 6.61 Å². The Hall–Kier alpha value is -2.32. The maximum atomic E-state index is 12.9. The molecule has 1 saturated heterocycles. The summed E-state index contributed by atoms with van der Waals surface area (Å²) >= 11 is 0. The first-order valence-corrected chi connectivity index (χ1v) is 13.2. The summed E-state index contributed by atoms with van der Waals surface area (Å²) in [5.74, 6) is -0.281. The lowest BCUT2D eigenvalue weighted by Gasteiger charge is -2.34. The molecule has 0 spiro atoms. The minimum Gasteiger partial charge on any atom is -0.375 e. The van der Waals surface area contributed by atoms with Gasteiger partial charge in [-0.3, -0.25) is 0 Å². The van der Waals surface area contributed by atoms with Gasteiger partial charge in [-0.1, -0.05) is 57.2 Å². The molecule has 0 aromatic heterocycles. The van der Waals surface area contributed by atoms with E-state index < -0.39 is 21.0 Å². The lowest BCUT2D eigenvalue weighted by molar-refractivity contribution is -0.0500. The van der Waals surface area contributed by atoms with Gasteiger partial charge in [-0.05, 0) is 79.5 Å². The summed E-state index contributed by atoms with van der Waals surface area (Å²) in [6, 6.07) is 9.80. The molecule has 1 aliphatic rings. The zero-order valence-electron chi connectivity index (χ0n) is 21.0. The van der Waals surface area contributed by atoms with Gasteiger partial charge < -0.3 is 8.92 Å². The Balaban J connectivity index is 2.02. The van der Waals surface area contributed by atoms with Crippen molar-refractivity contribution in [3.8, 4) is 5.75 Å². The van der Waals surface area contributed by atoms with Crippen LogP contribution in [0.25, 0.3) is 6.08 Å². The van der Waals surface area contributed by atoms with Crippen molar-refractivity contribution >= 4 is 16.2 Å². The van der Waals surface area contributed by atoms with E-state index in [0.717, 1.165) is 48.1 Å². The molecular weight excluding hydrogens is 477 g/mol. The van der Waals surface area contributed by atoms with Crippen molar-refractivity contribution in [2.45, 2.75) is 77.3 Å².